The van der Waals surface area contributed by atoms with Gasteiger partial charge < -0.3 is 20.1 Å². The highest BCUT2D eigenvalue weighted by molar-refractivity contribution is 7.92. The molecule has 7 nitrogen and oxygen atoms in total. The standard InChI is InChI=1S/C16H24N2O5S.ClH/c1-11-9-13(22-2)14(23-3)10-12(11)18-15(19)16(24(4,20)21)5-7-17-8-6-16;/h9-10,17H,5-8H2,1-4H3,(H,18,19);1H. The van der Waals surface area contributed by atoms with E-state index in [1.54, 1.807) is 12.1 Å². The van der Waals surface area contributed by atoms with Crippen molar-refractivity contribution >= 4 is 33.8 Å². The van der Waals surface area contributed by atoms with Gasteiger partial charge in [-0.2, -0.15) is 0 Å². The number of methoxy groups -OCH3 is 2. The molecule has 1 saturated heterocycles. The SMILES string of the molecule is COc1cc(C)c(NC(=O)C2(S(C)(=O)=O)CCNCC2)cc1OC.Cl. The minimum absolute atomic E-state index is 0. The minimum atomic E-state index is -3.56. The van der Waals surface area contributed by atoms with Crippen molar-refractivity contribution in [1.29, 1.82) is 0 Å². The van der Waals surface area contributed by atoms with Crippen LogP contribution in [-0.2, 0) is 14.6 Å². The topological polar surface area (TPSA) is 93.7 Å². The van der Waals surface area contributed by atoms with Crippen LogP contribution in [0.4, 0.5) is 5.69 Å². The van der Waals surface area contributed by atoms with E-state index in [1.807, 2.05) is 6.92 Å². The summed E-state index contributed by atoms with van der Waals surface area (Å²) in [4.78, 5) is 12.9. The van der Waals surface area contributed by atoms with E-state index >= 15 is 0 Å². The van der Waals surface area contributed by atoms with Gasteiger partial charge in [-0.25, -0.2) is 8.42 Å². The van der Waals surface area contributed by atoms with Gasteiger partial charge >= 0.3 is 0 Å². The number of amides is 1. The number of sulfone groups is 1. The molecule has 0 aromatic heterocycles. The molecule has 0 radical (unpaired) electrons. The lowest BCUT2D eigenvalue weighted by molar-refractivity contribution is -0.119. The average Bonchev–Trinajstić information content (AvgIpc) is 2.55. The molecule has 1 aliphatic heterocycles. The summed E-state index contributed by atoms with van der Waals surface area (Å²) in [6.07, 6.45) is 1.63. The van der Waals surface area contributed by atoms with Crippen molar-refractivity contribution in [3.63, 3.8) is 0 Å². The van der Waals surface area contributed by atoms with Crippen LogP contribution in [0, 0.1) is 6.92 Å². The van der Waals surface area contributed by atoms with Gasteiger partial charge in [0.2, 0.25) is 5.91 Å². The fourth-order valence-corrected chi connectivity index (χ4v) is 4.28. The van der Waals surface area contributed by atoms with Gasteiger partial charge in [-0.1, -0.05) is 0 Å². The Kier molecular flexibility index (Phi) is 7.10. The maximum absolute atomic E-state index is 12.9. The quantitative estimate of drug-likeness (QED) is 0.789. The normalized spacial score (nSPS) is 16.5. The molecule has 1 heterocycles. The Labute approximate surface area is 154 Å². The summed E-state index contributed by atoms with van der Waals surface area (Å²) in [7, 11) is -0.522. The van der Waals surface area contributed by atoms with Gasteiger partial charge in [-0.05, 0) is 44.5 Å². The predicted octanol–water partition coefficient (Wildman–Crippen LogP) is 1.54. The fourth-order valence-electron chi connectivity index (χ4n) is 2.95. The summed E-state index contributed by atoms with van der Waals surface area (Å²) < 4.78 is 33.7. The van der Waals surface area contributed by atoms with Crippen LogP contribution in [0.2, 0.25) is 0 Å². The molecule has 0 spiro atoms. The Morgan fingerprint density at radius 2 is 1.68 bits per heavy atom. The second kappa shape index (κ2) is 8.25. The molecule has 25 heavy (non-hydrogen) atoms. The van der Waals surface area contributed by atoms with Crippen molar-refractivity contribution in [3.8, 4) is 11.5 Å². The molecular weight excluding hydrogens is 368 g/mol. The van der Waals surface area contributed by atoms with E-state index < -0.39 is 20.5 Å². The number of halogens is 1. The Hall–Kier alpha value is -1.51. The van der Waals surface area contributed by atoms with Crippen LogP contribution < -0.4 is 20.1 Å². The third-order valence-corrected chi connectivity index (χ3v) is 6.53. The van der Waals surface area contributed by atoms with Crippen molar-refractivity contribution in [3.05, 3.63) is 17.7 Å². The molecule has 142 valence electrons. The van der Waals surface area contributed by atoms with E-state index in [1.165, 1.54) is 14.2 Å². The summed E-state index contributed by atoms with van der Waals surface area (Å²) in [6.45, 7) is 2.80. The van der Waals surface area contributed by atoms with Crippen molar-refractivity contribution in [1.82, 2.24) is 5.32 Å². The average molecular weight is 393 g/mol. The molecule has 0 bridgehead atoms. The molecule has 2 N–H and O–H groups in total. The summed E-state index contributed by atoms with van der Waals surface area (Å²) in [5.74, 6) is 0.520. The Bertz CT molecular complexity index is 730. The zero-order valence-electron chi connectivity index (χ0n) is 14.8. The number of carbonyl (C=O) groups excluding carboxylic acids is 1. The van der Waals surface area contributed by atoms with Crippen molar-refractivity contribution < 1.29 is 22.7 Å². The first-order valence-corrected chi connectivity index (χ1v) is 9.58. The smallest absolute Gasteiger partial charge is 0.245 e. The van der Waals surface area contributed by atoms with Crippen LogP contribution >= 0.6 is 12.4 Å². The van der Waals surface area contributed by atoms with Gasteiger partial charge in [0, 0.05) is 18.0 Å². The van der Waals surface area contributed by atoms with E-state index in [4.69, 9.17) is 9.47 Å². The van der Waals surface area contributed by atoms with E-state index in [0.717, 1.165) is 11.8 Å². The van der Waals surface area contributed by atoms with Gasteiger partial charge in [0.05, 0.1) is 14.2 Å². The van der Waals surface area contributed by atoms with Crippen molar-refractivity contribution in [2.24, 2.45) is 0 Å². The Balaban J connectivity index is 0.00000312. The van der Waals surface area contributed by atoms with Crippen LogP contribution in [0.15, 0.2) is 12.1 Å². The largest absolute Gasteiger partial charge is 0.493 e. The fraction of sp³-hybridized carbons (Fsp3) is 0.562. The zero-order chi connectivity index (χ0) is 18.0. The van der Waals surface area contributed by atoms with Crippen LogP contribution in [0.5, 0.6) is 11.5 Å². The number of aryl methyl sites for hydroxylation is 1. The summed E-state index contributed by atoms with van der Waals surface area (Å²) in [5, 5.41) is 5.87. The molecule has 2 rings (SSSR count). The van der Waals surface area contributed by atoms with Crippen LogP contribution in [-0.4, -0.2) is 52.6 Å². The summed E-state index contributed by atoms with van der Waals surface area (Å²) >= 11 is 0. The lowest BCUT2D eigenvalue weighted by atomic mass is 9.95. The number of hydrogen-bond acceptors (Lipinski definition) is 6. The molecule has 0 unspecified atom stereocenters. The molecule has 1 fully saturated rings. The summed E-state index contributed by atoms with van der Waals surface area (Å²) in [6, 6.07) is 3.38. The van der Waals surface area contributed by atoms with Crippen molar-refractivity contribution in [2.45, 2.75) is 24.5 Å². The number of ether oxygens (including phenoxy) is 2. The number of rotatable bonds is 5. The minimum Gasteiger partial charge on any atom is -0.493 e. The number of piperidine rings is 1. The lowest BCUT2D eigenvalue weighted by Gasteiger charge is -2.34. The molecule has 1 aromatic carbocycles. The van der Waals surface area contributed by atoms with Crippen LogP contribution in [0.3, 0.4) is 0 Å². The number of hydrogen-bond donors (Lipinski definition) is 2. The van der Waals surface area contributed by atoms with E-state index in [2.05, 4.69) is 10.6 Å². The van der Waals surface area contributed by atoms with E-state index in [9.17, 15) is 13.2 Å². The zero-order valence-corrected chi connectivity index (χ0v) is 16.5. The maximum Gasteiger partial charge on any atom is 0.245 e. The molecular formula is C16H25ClN2O5S. The predicted molar refractivity (Wildman–Crippen MR) is 99.8 cm³/mol. The third-order valence-electron chi connectivity index (χ3n) is 4.51. The molecule has 0 saturated carbocycles. The first kappa shape index (κ1) is 21.5. The lowest BCUT2D eigenvalue weighted by Crippen LogP contribution is -2.55. The molecule has 0 atom stereocenters. The molecule has 1 aromatic rings. The molecule has 1 amide bonds. The molecule has 0 aliphatic carbocycles. The highest BCUT2D eigenvalue weighted by Gasteiger charge is 2.48. The molecule has 9 heteroatoms. The monoisotopic (exact) mass is 392 g/mol. The van der Waals surface area contributed by atoms with Gasteiger partial charge in [-0.3, -0.25) is 4.79 Å². The highest BCUT2D eigenvalue weighted by atomic mass is 35.5. The van der Waals surface area contributed by atoms with Crippen molar-refractivity contribution in [2.75, 3.05) is 38.9 Å². The first-order chi connectivity index (χ1) is 11.2. The third kappa shape index (κ3) is 4.19. The number of carbonyl (C=O) groups is 1. The summed E-state index contributed by atoms with van der Waals surface area (Å²) in [5.41, 5.74) is 1.28. The van der Waals surface area contributed by atoms with Crippen LogP contribution in [0.1, 0.15) is 18.4 Å². The number of anilines is 1. The van der Waals surface area contributed by atoms with Gasteiger partial charge in [0.1, 0.15) is 0 Å². The van der Waals surface area contributed by atoms with Gasteiger partial charge in [0.25, 0.3) is 0 Å². The van der Waals surface area contributed by atoms with E-state index in [-0.39, 0.29) is 25.2 Å². The Morgan fingerprint density at radius 1 is 1.16 bits per heavy atom. The van der Waals surface area contributed by atoms with E-state index in [0.29, 0.717) is 30.3 Å². The number of nitrogens with one attached hydrogen (secondary N) is 2. The second-order valence-electron chi connectivity index (χ2n) is 5.99. The van der Waals surface area contributed by atoms with Gasteiger partial charge in [0.15, 0.2) is 26.1 Å². The Morgan fingerprint density at radius 3 is 2.16 bits per heavy atom. The maximum atomic E-state index is 12.9. The van der Waals surface area contributed by atoms with Gasteiger partial charge in [-0.15, -0.1) is 12.4 Å². The first-order valence-electron chi connectivity index (χ1n) is 7.69. The highest BCUT2D eigenvalue weighted by Crippen LogP contribution is 2.35. The van der Waals surface area contributed by atoms with Crippen LogP contribution in [0.25, 0.3) is 0 Å². The second-order valence-corrected chi connectivity index (χ2v) is 8.32. The number of benzene rings is 1. The molecule has 1 aliphatic rings.